The molecule has 0 aromatic carbocycles. The highest BCUT2D eigenvalue weighted by Crippen LogP contribution is 2.04. The van der Waals surface area contributed by atoms with Crippen LogP contribution in [0.1, 0.15) is 20.8 Å². The fraction of sp³-hybridized carbons (Fsp3) is 1.00. The lowest BCUT2D eigenvalue weighted by Gasteiger charge is -2.10. The van der Waals surface area contributed by atoms with E-state index in [1.54, 1.807) is 18.1 Å². The Bertz CT molecular complexity index is 51.6. The van der Waals surface area contributed by atoms with Gasteiger partial charge in [-0.3, -0.25) is 0 Å². The van der Waals surface area contributed by atoms with Crippen molar-refractivity contribution >= 4 is 28.6 Å². The smallest absolute Gasteiger partial charge is 0.0163 e. The highest BCUT2D eigenvalue weighted by Gasteiger charge is 2.05. The van der Waals surface area contributed by atoms with Gasteiger partial charge in [-0.1, -0.05) is 43.7 Å². The molecule has 0 nitrogen and oxygen atoms in total. The van der Waals surface area contributed by atoms with Crippen molar-refractivity contribution in [3.8, 4) is 0 Å². The zero-order valence-corrected chi connectivity index (χ0v) is 12.1. The van der Waals surface area contributed by atoms with Crippen LogP contribution >= 0.6 is 0 Å². The first-order chi connectivity index (χ1) is 4.85. The summed E-state index contributed by atoms with van der Waals surface area (Å²) in [5.41, 5.74) is 0. The minimum Gasteiger partial charge on any atom is -0.0694 e. The zero-order chi connectivity index (χ0) is 7.82. The van der Waals surface area contributed by atoms with Crippen molar-refractivity contribution < 1.29 is 0 Å². The molecular weight excluding hydrogens is 168 g/mol. The van der Waals surface area contributed by atoms with Crippen LogP contribution in [0, 0.1) is 0 Å². The van der Waals surface area contributed by atoms with Crippen molar-refractivity contribution in [2.24, 2.45) is 0 Å². The molecule has 0 spiro atoms. The maximum absolute atomic E-state index is 2.40. The lowest BCUT2D eigenvalue weighted by molar-refractivity contribution is 1.36. The molecule has 10 heavy (non-hydrogen) atoms. The van der Waals surface area contributed by atoms with Gasteiger partial charge < -0.3 is 0 Å². The first-order valence-corrected chi connectivity index (χ1v) is 10.3. The summed E-state index contributed by atoms with van der Waals surface area (Å²) in [6.45, 7) is 7.19. The van der Waals surface area contributed by atoms with Gasteiger partial charge in [0.05, 0.1) is 0 Å². The maximum Gasteiger partial charge on any atom is 0.0163 e. The molecule has 0 bridgehead atoms. The van der Waals surface area contributed by atoms with Gasteiger partial charge in [-0.2, -0.15) is 0 Å². The Hall–Kier alpha value is 0.651. The third-order valence-electron chi connectivity index (χ3n) is 2.09. The third-order valence-corrected chi connectivity index (χ3v) is 13.6. The van der Waals surface area contributed by atoms with E-state index < -0.39 is 0 Å². The van der Waals surface area contributed by atoms with Gasteiger partial charge in [0.2, 0.25) is 0 Å². The molecule has 0 unspecified atom stereocenters. The van der Waals surface area contributed by atoms with E-state index in [-0.39, 0.29) is 0 Å². The molecule has 0 fully saturated rings. The van der Waals surface area contributed by atoms with E-state index in [1.807, 2.05) is 0 Å². The van der Waals surface area contributed by atoms with Crippen molar-refractivity contribution in [2.45, 2.75) is 43.7 Å². The van der Waals surface area contributed by atoms with Gasteiger partial charge in [-0.15, -0.1) is 0 Å². The standard InChI is InChI=1S/C7H22Si3/c1-4-8-7(9-5-2)10-6-3/h7H,4-6,8-10H2,1-3H3. The molecule has 0 N–H and O–H groups in total. The van der Waals surface area contributed by atoms with E-state index in [9.17, 15) is 0 Å². The predicted octanol–water partition coefficient (Wildman–Crippen LogP) is 0.511. The van der Waals surface area contributed by atoms with Crippen LogP contribution in [-0.4, -0.2) is 28.6 Å². The Balaban J connectivity index is 3.30. The van der Waals surface area contributed by atoms with E-state index >= 15 is 0 Å². The summed E-state index contributed by atoms with van der Waals surface area (Å²) in [5, 5.41) is 0. The average molecular weight is 191 g/mol. The second-order valence-corrected chi connectivity index (χ2v) is 14.9. The summed E-state index contributed by atoms with van der Waals surface area (Å²) in [7, 11) is 1.31. The highest BCUT2D eigenvalue weighted by atomic mass is 28.3. The lowest BCUT2D eigenvalue weighted by Crippen LogP contribution is -2.16. The van der Waals surface area contributed by atoms with Gasteiger partial charge in [0.25, 0.3) is 0 Å². The van der Waals surface area contributed by atoms with Crippen LogP contribution in [0.4, 0.5) is 0 Å². The number of hydrogen-bond donors (Lipinski definition) is 0. The third kappa shape index (κ3) is 5.44. The molecule has 0 amide bonds. The fourth-order valence-electron chi connectivity index (χ4n) is 1.66. The molecule has 0 radical (unpaired) electrons. The molecule has 0 aliphatic heterocycles. The minimum atomic E-state index is 0.437. The van der Waals surface area contributed by atoms with Gasteiger partial charge in [-0.25, -0.2) is 0 Å². The van der Waals surface area contributed by atoms with E-state index in [0.717, 1.165) is 0 Å². The second kappa shape index (κ2) is 7.75. The number of hydrogen-bond acceptors (Lipinski definition) is 0. The van der Waals surface area contributed by atoms with Crippen LogP contribution in [0.3, 0.4) is 0 Å². The van der Waals surface area contributed by atoms with Crippen LogP contribution in [0.2, 0.25) is 22.9 Å². The van der Waals surface area contributed by atoms with Crippen molar-refractivity contribution in [1.29, 1.82) is 0 Å². The van der Waals surface area contributed by atoms with Crippen molar-refractivity contribution in [2.75, 3.05) is 0 Å². The minimum absolute atomic E-state index is 0.437. The molecule has 3 heteroatoms. The van der Waals surface area contributed by atoms with Gasteiger partial charge in [-0.05, 0) is 0 Å². The van der Waals surface area contributed by atoms with Gasteiger partial charge in [0.15, 0.2) is 0 Å². The Morgan fingerprint density at radius 1 is 0.800 bits per heavy atom. The van der Waals surface area contributed by atoms with Gasteiger partial charge in [0, 0.05) is 28.6 Å². The summed E-state index contributed by atoms with van der Waals surface area (Å²) in [6.07, 6.45) is 0. The maximum atomic E-state index is 2.40. The molecule has 0 atom stereocenters. The summed E-state index contributed by atoms with van der Waals surface area (Å²) in [6, 6.07) is 4.72. The zero-order valence-electron chi connectivity index (χ0n) is 7.82. The molecule has 0 aromatic rings. The van der Waals surface area contributed by atoms with E-state index in [0.29, 0.717) is 28.6 Å². The Morgan fingerprint density at radius 3 is 1.30 bits per heavy atom. The van der Waals surface area contributed by atoms with Crippen molar-refractivity contribution in [3.63, 3.8) is 0 Å². The largest absolute Gasteiger partial charge is 0.0694 e. The lowest BCUT2D eigenvalue weighted by atomic mass is 11.0. The van der Waals surface area contributed by atoms with Gasteiger partial charge in [0.1, 0.15) is 0 Å². The van der Waals surface area contributed by atoms with Crippen molar-refractivity contribution in [1.82, 2.24) is 0 Å². The Labute approximate surface area is 72.7 Å². The molecular formula is C7H22Si3. The summed E-state index contributed by atoms with van der Waals surface area (Å²) in [5.74, 6) is 0. The SMILES string of the molecule is CC[SiH2]C([SiH2]CC)[SiH2]CC. The van der Waals surface area contributed by atoms with Crippen LogP contribution in [0.5, 0.6) is 0 Å². The second-order valence-electron chi connectivity index (χ2n) is 3.23. The topological polar surface area (TPSA) is 0 Å². The first-order valence-electron chi connectivity index (χ1n) is 4.85. The van der Waals surface area contributed by atoms with Gasteiger partial charge >= 0.3 is 0 Å². The molecule has 62 valence electrons. The van der Waals surface area contributed by atoms with Crippen LogP contribution < -0.4 is 0 Å². The highest BCUT2D eigenvalue weighted by molar-refractivity contribution is 6.76. The summed E-state index contributed by atoms with van der Waals surface area (Å²) in [4.78, 5) is 1.44. The molecule has 0 rings (SSSR count). The van der Waals surface area contributed by atoms with Crippen molar-refractivity contribution in [3.05, 3.63) is 0 Å². The van der Waals surface area contributed by atoms with E-state index in [2.05, 4.69) is 20.8 Å². The van der Waals surface area contributed by atoms with E-state index in [1.165, 1.54) is 4.79 Å². The van der Waals surface area contributed by atoms with Crippen LogP contribution in [-0.2, 0) is 0 Å². The normalized spacial score (nSPS) is 17.1. The molecule has 0 saturated heterocycles. The molecule has 0 aromatic heterocycles. The first kappa shape index (κ1) is 10.7. The molecule has 0 heterocycles. The molecule has 0 aliphatic rings. The molecule has 0 saturated carbocycles. The monoisotopic (exact) mass is 190 g/mol. The fourth-order valence-corrected chi connectivity index (χ4v) is 14.9. The summed E-state index contributed by atoms with van der Waals surface area (Å²) >= 11 is 0. The Kier molecular flexibility index (Phi) is 8.26. The summed E-state index contributed by atoms with van der Waals surface area (Å²) < 4.78 is 0. The van der Waals surface area contributed by atoms with E-state index in [4.69, 9.17) is 0 Å². The number of rotatable bonds is 6. The predicted molar refractivity (Wildman–Crippen MR) is 60.8 cm³/mol. The average Bonchev–Trinajstić information content (AvgIpc) is 1.90. The Morgan fingerprint density at radius 2 is 1.10 bits per heavy atom. The molecule has 0 aliphatic carbocycles. The van der Waals surface area contributed by atoms with Crippen LogP contribution in [0.15, 0.2) is 0 Å². The quantitative estimate of drug-likeness (QED) is 0.536. The van der Waals surface area contributed by atoms with Crippen LogP contribution in [0.25, 0.3) is 0 Å².